The Bertz CT molecular complexity index is 1780. The molecule has 1 unspecified atom stereocenters. The molecule has 5 rings (SSSR count). The third kappa shape index (κ3) is 5.92. The lowest BCUT2D eigenvalue weighted by Gasteiger charge is -2.25. The van der Waals surface area contributed by atoms with E-state index in [1.165, 1.54) is 35.1 Å². The summed E-state index contributed by atoms with van der Waals surface area (Å²) in [6, 6.07) is 9.19. The number of hydrogen-bond donors (Lipinski definition) is 0. The molecule has 3 heterocycles. The van der Waals surface area contributed by atoms with Crippen LogP contribution in [0.2, 0.25) is 0 Å². The highest BCUT2D eigenvalue weighted by molar-refractivity contribution is 7.07. The molecule has 3 aromatic rings. The number of nitrogens with zero attached hydrogens (tertiary/aromatic N) is 4. The number of anilines is 1. The van der Waals surface area contributed by atoms with E-state index in [-0.39, 0.29) is 29.5 Å². The van der Waals surface area contributed by atoms with E-state index in [0.717, 1.165) is 31.6 Å². The largest absolute Gasteiger partial charge is 0.493 e. The Hall–Kier alpha value is -4.45. The molecule has 2 aromatic carbocycles. The molecule has 0 bridgehead atoms. The first-order chi connectivity index (χ1) is 20.6. The Morgan fingerprint density at radius 2 is 1.93 bits per heavy atom. The zero-order chi connectivity index (χ0) is 30.8. The first-order valence-corrected chi connectivity index (χ1v) is 15.0. The standard InChI is InChI=1S/C31H34N4O7S/c1-6-41-30(37)27-19(4)32-31-34(28(27)20-9-12-24(42-18(2)3)25(16-20)40-5)29(36)26(43-31)17-21-15-22(35(38)39)10-11-23(21)33-13-7-8-14-33/h9-12,15-18,28H,6-8,13-14H2,1-5H3. The topological polar surface area (TPSA) is 126 Å². The minimum absolute atomic E-state index is 0.0592. The fourth-order valence-electron chi connectivity index (χ4n) is 5.47. The summed E-state index contributed by atoms with van der Waals surface area (Å²) >= 11 is 1.17. The maximum atomic E-state index is 14.2. The van der Waals surface area contributed by atoms with Crippen LogP contribution in [0.4, 0.5) is 11.4 Å². The lowest BCUT2D eigenvalue weighted by molar-refractivity contribution is -0.384. The van der Waals surface area contributed by atoms with Crippen LogP contribution < -0.4 is 29.3 Å². The molecule has 1 aromatic heterocycles. The maximum absolute atomic E-state index is 14.2. The minimum atomic E-state index is -0.845. The first-order valence-electron chi connectivity index (χ1n) is 14.2. The van der Waals surface area contributed by atoms with Crippen LogP contribution in [0.3, 0.4) is 0 Å². The van der Waals surface area contributed by atoms with Gasteiger partial charge in [0.15, 0.2) is 16.3 Å². The number of ether oxygens (including phenoxy) is 3. The summed E-state index contributed by atoms with van der Waals surface area (Å²) in [7, 11) is 1.53. The monoisotopic (exact) mass is 606 g/mol. The van der Waals surface area contributed by atoms with Crippen molar-refractivity contribution in [2.45, 2.75) is 52.7 Å². The maximum Gasteiger partial charge on any atom is 0.338 e. The summed E-state index contributed by atoms with van der Waals surface area (Å²) in [4.78, 5) is 45.8. The molecule has 226 valence electrons. The molecule has 12 heteroatoms. The molecule has 0 saturated carbocycles. The average Bonchev–Trinajstić information content (AvgIpc) is 3.60. The van der Waals surface area contributed by atoms with E-state index in [1.807, 2.05) is 13.8 Å². The number of rotatable bonds is 9. The third-order valence-electron chi connectivity index (χ3n) is 7.34. The van der Waals surface area contributed by atoms with Crippen molar-refractivity contribution in [1.29, 1.82) is 0 Å². The number of nitro groups is 1. The van der Waals surface area contributed by atoms with Gasteiger partial charge in [0.25, 0.3) is 11.2 Å². The van der Waals surface area contributed by atoms with Gasteiger partial charge in [-0.15, -0.1) is 0 Å². The molecule has 0 amide bonds. The minimum Gasteiger partial charge on any atom is -0.493 e. The van der Waals surface area contributed by atoms with Gasteiger partial charge in [-0.05, 0) is 70.4 Å². The van der Waals surface area contributed by atoms with Crippen molar-refractivity contribution in [3.05, 3.63) is 88.6 Å². The summed E-state index contributed by atoms with van der Waals surface area (Å²) in [5.41, 5.74) is 2.28. The Kier molecular flexibility index (Phi) is 8.67. The number of allylic oxidation sites excluding steroid dienone is 1. The summed E-state index contributed by atoms with van der Waals surface area (Å²) in [6.45, 7) is 9.08. The molecule has 1 fully saturated rings. The van der Waals surface area contributed by atoms with E-state index >= 15 is 0 Å². The molecule has 0 radical (unpaired) electrons. The number of thiazole rings is 1. The van der Waals surface area contributed by atoms with E-state index in [1.54, 1.807) is 44.2 Å². The van der Waals surface area contributed by atoms with E-state index < -0.39 is 16.9 Å². The van der Waals surface area contributed by atoms with Crippen molar-refractivity contribution < 1.29 is 23.9 Å². The summed E-state index contributed by atoms with van der Waals surface area (Å²) in [5.74, 6) is 0.421. The molecule has 0 N–H and O–H groups in total. The van der Waals surface area contributed by atoms with Gasteiger partial charge in [-0.1, -0.05) is 17.4 Å². The number of fused-ring (bicyclic) bond motifs is 1. The predicted octanol–water partition coefficient (Wildman–Crippen LogP) is 4.10. The number of benzene rings is 2. The third-order valence-corrected chi connectivity index (χ3v) is 8.32. The van der Waals surface area contributed by atoms with Crippen LogP contribution >= 0.6 is 11.3 Å². The zero-order valence-electron chi connectivity index (χ0n) is 24.8. The quantitative estimate of drug-likeness (QED) is 0.203. The van der Waals surface area contributed by atoms with Gasteiger partial charge in [-0.2, -0.15) is 0 Å². The van der Waals surface area contributed by atoms with Gasteiger partial charge >= 0.3 is 5.97 Å². The van der Waals surface area contributed by atoms with Gasteiger partial charge in [0.05, 0.1) is 46.6 Å². The smallest absolute Gasteiger partial charge is 0.338 e. The van der Waals surface area contributed by atoms with Crippen LogP contribution in [0.15, 0.2) is 57.5 Å². The Morgan fingerprint density at radius 1 is 1.19 bits per heavy atom. The van der Waals surface area contributed by atoms with Gasteiger partial charge in [-0.3, -0.25) is 19.5 Å². The number of carbonyl (C=O) groups excluding carboxylic acids is 1. The van der Waals surface area contributed by atoms with Gasteiger partial charge in [0.1, 0.15) is 0 Å². The average molecular weight is 607 g/mol. The molecular weight excluding hydrogens is 572 g/mol. The van der Waals surface area contributed by atoms with Crippen molar-refractivity contribution in [1.82, 2.24) is 4.57 Å². The van der Waals surface area contributed by atoms with Gasteiger partial charge in [0.2, 0.25) is 0 Å². The van der Waals surface area contributed by atoms with E-state index in [9.17, 15) is 19.7 Å². The van der Waals surface area contributed by atoms with E-state index in [2.05, 4.69) is 9.89 Å². The number of hydrogen-bond acceptors (Lipinski definition) is 10. The molecule has 2 aliphatic heterocycles. The van der Waals surface area contributed by atoms with Gasteiger partial charge in [0, 0.05) is 36.5 Å². The number of carbonyl (C=O) groups is 1. The van der Waals surface area contributed by atoms with Crippen molar-refractivity contribution >= 4 is 34.8 Å². The van der Waals surface area contributed by atoms with Crippen molar-refractivity contribution in [2.75, 3.05) is 31.7 Å². The molecule has 2 aliphatic rings. The number of non-ortho nitro benzene ring substituents is 1. The summed E-state index contributed by atoms with van der Waals surface area (Å²) in [6.07, 6.45) is 3.65. The van der Waals surface area contributed by atoms with Crippen LogP contribution in [0.5, 0.6) is 11.5 Å². The van der Waals surface area contributed by atoms with Gasteiger partial charge in [-0.25, -0.2) is 9.79 Å². The van der Waals surface area contributed by atoms with Crippen LogP contribution in [0.1, 0.15) is 57.7 Å². The van der Waals surface area contributed by atoms with Crippen LogP contribution in [-0.4, -0.2) is 48.4 Å². The summed E-state index contributed by atoms with van der Waals surface area (Å²) < 4.78 is 18.7. The molecule has 1 saturated heterocycles. The Labute approximate surface area is 252 Å². The second-order valence-corrected chi connectivity index (χ2v) is 11.6. The predicted molar refractivity (Wildman–Crippen MR) is 164 cm³/mol. The number of methoxy groups -OCH3 is 1. The van der Waals surface area contributed by atoms with Crippen LogP contribution in [0.25, 0.3) is 6.08 Å². The Morgan fingerprint density at radius 3 is 2.58 bits per heavy atom. The second-order valence-electron chi connectivity index (χ2n) is 10.6. The SMILES string of the molecule is CCOC(=O)C1=C(C)N=c2sc(=Cc3cc([N+](=O)[O-])ccc3N3CCCC3)c(=O)n2C1c1ccc(OC(C)C)c(OC)c1. The highest BCUT2D eigenvalue weighted by atomic mass is 32.1. The lowest BCUT2D eigenvalue weighted by atomic mass is 9.95. The number of aromatic nitrogens is 1. The number of nitro benzene ring substituents is 1. The molecular formula is C31H34N4O7S. The van der Waals surface area contributed by atoms with Crippen LogP contribution in [-0.2, 0) is 9.53 Å². The first kappa shape index (κ1) is 30.0. The highest BCUT2D eigenvalue weighted by Gasteiger charge is 2.34. The van der Waals surface area contributed by atoms with Crippen LogP contribution in [0, 0.1) is 10.1 Å². The molecule has 0 aliphatic carbocycles. The molecule has 0 spiro atoms. The molecule has 43 heavy (non-hydrogen) atoms. The zero-order valence-corrected chi connectivity index (χ0v) is 25.6. The highest BCUT2D eigenvalue weighted by Crippen LogP contribution is 2.37. The van der Waals surface area contributed by atoms with Gasteiger partial charge < -0.3 is 19.1 Å². The van der Waals surface area contributed by atoms with Crippen molar-refractivity contribution in [3.8, 4) is 11.5 Å². The van der Waals surface area contributed by atoms with E-state index in [4.69, 9.17) is 14.2 Å². The second kappa shape index (κ2) is 12.4. The fraction of sp³-hybridized carbons (Fsp3) is 0.387. The molecule has 11 nitrogen and oxygen atoms in total. The summed E-state index contributed by atoms with van der Waals surface area (Å²) in [5, 5.41) is 11.6. The Balaban J connectivity index is 1.72. The van der Waals surface area contributed by atoms with E-state index in [0.29, 0.717) is 37.7 Å². The van der Waals surface area contributed by atoms with Crippen molar-refractivity contribution in [3.63, 3.8) is 0 Å². The van der Waals surface area contributed by atoms with Crippen molar-refractivity contribution in [2.24, 2.45) is 4.99 Å². The fourth-order valence-corrected chi connectivity index (χ4v) is 6.51. The lowest BCUT2D eigenvalue weighted by Crippen LogP contribution is -2.40. The number of esters is 1. The normalized spacial score (nSPS) is 16.7. The molecule has 1 atom stereocenters.